The van der Waals surface area contributed by atoms with Crippen molar-refractivity contribution in [3.8, 4) is 5.69 Å². The number of rotatable bonds is 3. The third-order valence-electron chi connectivity index (χ3n) is 4.51. The number of fused-ring (bicyclic) bond motifs is 1. The summed E-state index contributed by atoms with van der Waals surface area (Å²) < 4.78 is 2.12. The zero-order chi connectivity index (χ0) is 17.6. The van der Waals surface area contributed by atoms with Crippen molar-refractivity contribution in [2.24, 2.45) is 0 Å². The Hall–Kier alpha value is -1.90. The molecule has 1 nitrogen and oxygen atoms in total. The van der Waals surface area contributed by atoms with Crippen molar-refractivity contribution >= 4 is 10.8 Å². The van der Waals surface area contributed by atoms with Gasteiger partial charge in [0.05, 0.1) is 0 Å². The average molecular weight is 454 g/mol. The minimum Gasteiger partial charge on any atom is -1.00 e. The van der Waals surface area contributed by atoms with Gasteiger partial charge in [-0.2, -0.15) is 6.08 Å². The fourth-order valence-electron chi connectivity index (χ4n) is 3.18. The minimum absolute atomic E-state index is 0. The van der Waals surface area contributed by atoms with Crippen LogP contribution in [0.1, 0.15) is 12.0 Å². The molecule has 0 unspecified atom stereocenters. The number of halogens is 2. The molecule has 0 bridgehead atoms. The van der Waals surface area contributed by atoms with Gasteiger partial charge in [0.25, 0.3) is 0 Å². The van der Waals surface area contributed by atoms with Gasteiger partial charge in [0, 0.05) is 12.4 Å². The van der Waals surface area contributed by atoms with Gasteiger partial charge in [-0.05, 0) is 29.8 Å². The first-order chi connectivity index (χ1) is 12.9. The van der Waals surface area contributed by atoms with Gasteiger partial charge in [0.1, 0.15) is 0 Å². The quantitative estimate of drug-likeness (QED) is 0.310. The van der Waals surface area contributed by atoms with E-state index in [1.54, 1.807) is 0 Å². The van der Waals surface area contributed by atoms with E-state index < -0.39 is 0 Å². The summed E-state index contributed by atoms with van der Waals surface area (Å²) in [6.07, 6.45) is 13.8. The van der Waals surface area contributed by atoms with Crippen molar-refractivity contribution in [1.82, 2.24) is 4.57 Å². The van der Waals surface area contributed by atoms with Gasteiger partial charge in [-0.15, -0.1) is 47.5 Å². The van der Waals surface area contributed by atoms with Gasteiger partial charge < -0.3 is 29.4 Å². The minimum atomic E-state index is 0. The van der Waals surface area contributed by atoms with Gasteiger partial charge >= 0.3 is 21.7 Å². The molecule has 0 aliphatic heterocycles. The van der Waals surface area contributed by atoms with Crippen LogP contribution in [0.5, 0.6) is 0 Å². The molecule has 0 spiro atoms. The predicted octanol–water partition coefficient (Wildman–Crippen LogP) is 0.273. The molecule has 0 fully saturated rings. The first-order valence-corrected chi connectivity index (χ1v) is 8.97. The van der Waals surface area contributed by atoms with Crippen LogP contribution in [-0.2, 0) is 28.1 Å². The summed E-state index contributed by atoms with van der Waals surface area (Å²) in [5.41, 5.74) is 3.92. The van der Waals surface area contributed by atoms with Crippen molar-refractivity contribution < 1.29 is 46.5 Å². The number of nitrogens with zero attached hydrogens (tertiary/aromatic N) is 1. The van der Waals surface area contributed by atoms with Crippen LogP contribution in [0, 0.1) is 6.08 Å². The Morgan fingerprint density at radius 1 is 0.862 bits per heavy atom. The van der Waals surface area contributed by atoms with Crippen LogP contribution in [0.15, 0.2) is 109 Å². The second-order valence-electron chi connectivity index (χ2n) is 6.40. The van der Waals surface area contributed by atoms with Crippen LogP contribution in [0.3, 0.4) is 0 Å². The monoisotopic (exact) mass is 453 g/mol. The topological polar surface area (TPSA) is 4.93 Å². The molecule has 3 aromatic carbocycles. The molecule has 4 aromatic rings. The molecule has 5 rings (SSSR count). The third-order valence-corrected chi connectivity index (χ3v) is 4.51. The third kappa shape index (κ3) is 6.84. The Morgan fingerprint density at radius 3 is 2.21 bits per heavy atom. The number of aromatic nitrogens is 1. The summed E-state index contributed by atoms with van der Waals surface area (Å²) in [5.74, 6) is 0. The van der Waals surface area contributed by atoms with E-state index >= 15 is 0 Å². The van der Waals surface area contributed by atoms with E-state index in [2.05, 4.69) is 95.9 Å². The zero-order valence-electron chi connectivity index (χ0n) is 15.9. The van der Waals surface area contributed by atoms with Crippen LogP contribution in [0.2, 0.25) is 0 Å². The van der Waals surface area contributed by atoms with Crippen LogP contribution in [0.25, 0.3) is 16.5 Å². The fraction of sp³-hybridized carbons (Fsp3) is 0.0800. The summed E-state index contributed by atoms with van der Waals surface area (Å²) in [4.78, 5) is 0. The molecule has 1 aliphatic carbocycles. The second-order valence-corrected chi connectivity index (χ2v) is 6.40. The Bertz CT molecular complexity index is 998. The summed E-state index contributed by atoms with van der Waals surface area (Å²) in [5, 5.41) is 2.60. The largest absolute Gasteiger partial charge is 4.00 e. The molecule has 1 aromatic heterocycles. The predicted molar refractivity (Wildman–Crippen MR) is 110 cm³/mol. The summed E-state index contributed by atoms with van der Waals surface area (Å²) in [6.45, 7) is 0. The summed E-state index contributed by atoms with van der Waals surface area (Å²) in [7, 11) is 0. The summed E-state index contributed by atoms with van der Waals surface area (Å²) >= 11 is 0. The molecule has 29 heavy (non-hydrogen) atoms. The standard InChI is InChI=1S/C13H10N.C12H11.2ClH.Ti/c1-2-6-12-10-13(9-11(12)5-1)14-7-3-4-8-14;1-2-6-11(7-3-1)10-12-8-4-5-9-12;;;/h1-10H;1-4,6-8H,5,10H2;2*1H;/q2*-1;;;+4/p-2. The number of allylic oxidation sites excluding steroid dienone is 4. The summed E-state index contributed by atoms with van der Waals surface area (Å²) in [6, 6.07) is 27.4. The second kappa shape index (κ2) is 12.6. The molecule has 144 valence electrons. The van der Waals surface area contributed by atoms with Crippen molar-refractivity contribution in [1.29, 1.82) is 0 Å². The number of benzene rings is 2. The zero-order valence-corrected chi connectivity index (χ0v) is 19.0. The van der Waals surface area contributed by atoms with Gasteiger partial charge in [0.15, 0.2) is 0 Å². The molecule has 0 radical (unpaired) electrons. The van der Waals surface area contributed by atoms with E-state index in [0.29, 0.717) is 0 Å². The molecule has 0 amide bonds. The van der Waals surface area contributed by atoms with Gasteiger partial charge in [-0.25, -0.2) is 11.6 Å². The van der Waals surface area contributed by atoms with Crippen LogP contribution < -0.4 is 24.8 Å². The first-order valence-electron chi connectivity index (χ1n) is 8.97. The maximum atomic E-state index is 3.31. The molecule has 0 atom stereocenters. The molecule has 0 saturated carbocycles. The number of hydrogen-bond acceptors (Lipinski definition) is 0. The van der Waals surface area contributed by atoms with E-state index in [4.69, 9.17) is 0 Å². The van der Waals surface area contributed by atoms with E-state index in [9.17, 15) is 0 Å². The van der Waals surface area contributed by atoms with E-state index in [1.165, 1.54) is 27.6 Å². The maximum absolute atomic E-state index is 3.31. The van der Waals surface area contributed by atoms with E-state index in [1.807, 2.05) is 18.2 Å². The maximum Gasteiger partial charge on any atom is 4.00 e. The Morgan fingerprint density at radius 2 is 1.55 bits per heavy atom. The molecule has 1 heterocycles. The van der Waals surface area contributed by atoms with Crippen LogP contribution in [0.4, 0.5) is 0 Å². The van der Waals surface area contributed by atoms with Crippen molar-refractivity contribution in [3.05, 3.63) is 121 Å². The average Bonchev–Trinajstić information content (AvgIpc) is 3.44. The normalized spacial score (nSPS) is 11.4. The molecule has 4 heteroatoms. The molecule has 1 aliphatic rings. The van der Waals surface area contributed by atoms with Crippen molar-refractivity contribution in [2.45, 2.75) is 12.8 Å². The molecular formula is C25H21Cl2NTi. The Kier molecular flexibility index (Phi) is 10.9. The fourth-order valence-corrected chi connectivity index (χ4v) is 3.18. The smallest absolute Gasteiger partial charge is 1.00 e. The molecular weight excluding hydrogens is 433 g/mol. The van der Waals surface area contributed by atoms with E-state index in [0.717, 1.165) is 12.8 Å². The Balaban J connectivity index is 0.000000266. The van der Waals surface area contributed by atoms with Crippen molar-refractivity contribution in [3.63, 3.8) is 0 Å². The first kappa shape index (κ1) is 25.1. The number of hydrogen-bond donors (Lipinski definition) is 0. The van der Waals surface area contributed by atoms with Crippen LogP contribution in [-0.4, -0.2) is 4.57 Å². The van der Waals surface area contributed by atoms with Gasteiger partial charge in [-0.3, -0.25) is 6.08 Å². The molecule has 0 saturated heterocycles. The Labute approximate surface area is 200 Å². The van der Waals surface area contributed by atoms with Crippen LogP contribution >= 0.6 is 0 Å². The van der Waals surface area contributed by atoms with E-state index in [-0.39, 0.29) is 46.5 Å². The SMILES string of the molecule is [C-]1=C(Cc2ccccc2)C=CC1.[Cl-].[Cl-].[Ti+4].c1ccc2[cH-]c(-n3cccc3)cc2c1. The van der Waals surface area contributed by atoms with Gasteiger partial charge in [-0.1, -0.05) is 36.4 Å². The molecule has 0 N–H and O–H groups in total. The van der Waals surface area contributed by atoms with Gasteiger partial charge in [0.2, 0.25) is 0 Å². The van der Waals surface area contributed by atoms with Crippen molar-refractivity contribution in [2.75, 3.05) is 0 Å².